The minimum absolute atomic E-state index is 0.0421. The Bertz CT molecular complexity index is 492. The molecule has 4 nitrogen and oxygen atoms in total. The van der Waals surface area contributed by atoms with Crippen molar-refractivity contribution in [2.24, 2.45) is 0 Å². The van der Waals surface area contributed by atoms with Gasteiger partial charge in [-0.25, -0.2) is 4.39 Å². The SMILES string of the molecule is COc1ccc(CC(=O)NC(C)(C)C(C)(C)O)cc1F. The molecule has 0 saturated heterocycles. The quantitative estimate of drug-likeness (QED) is 0.869. The van der Waals surface area contributed by atoms with E-state index in [2.05, 4.69) is 5.32 Å². The van der Waals surface area contributed by atoms with Crippen LogP contribution in [0.2, 0.25) is 0 Å². The van der Waals surface area contributed by atoms with Crippen molar-refractivity contribution in [3.63, 3.8) is 0 Å². The lowest BCUT2D eigenvalue weighted by Crippen LogP contribution is -2.58. The zero-order valence-electron chi connectivity index (χ0n) is 12.6. The van der Waals surface area contributed by atoms with Gasteiger partial charge in [-0.3, -0.25) is 4.79 Å². The number of aliphatic hydroxyl groups is 1. The average Bonchev–Trinajstić information content (AvgIpc) is 2.26. The van der Waals surface area contributed by atoms with Gasteiger partial charge in [0.1, 0.15) is 0 Å². The molecule has 0 aliphatic carbocycles. The first-order valence-corrected chi connectivity index (χ1v) is 6.42. The Morgan fingerprint density at radius 3 is 2.40 bits per heavy atom. The first-order chi connectivity index (χ1) is 9.06. The Hall–Kier alpha value is -1.62. The monoisotopic (exact) mass is 283 g/mol. The van der Waals surface area contributed by atoms with E-state index in [9.17, 15) is 14.3 Å². The van der Waals surface area contributed by atoms with E-state index in [1.807, 2.05) is 0 Å². The molecule has 0 fully saturated rings. The van der Waals surface area contributed by atoms with E-state index in [1.54, 1.807) is 33.8 Å². The normalized spacial score (nSPS) is 12.2. The van der Waals surface area contributed by atoms with Crippen LogP contribution in [0.15, 0.2) is 18.2 Å². The molecule has 0 bridgehead atoms. The lowest BCUT2D eigenvalue weighted by molar-refractivity contribution is -0.125. The van der Waals surface area contributed by atoms with Crippen LogP contribution < -0.4 is 10.1 Å². The zero-order chi connectivity index (χ0) is 15.6. The molecule has 1 amide bonds. The number of halogens is 1. The van der Waals surface area contributed by atoms with Crippen LogP contribution in [0.4, 0.5) is 4.39 Å². The maximum Gasteiger partial charge on any atom is 0.224 e. The minimum Gasteiger partial charge on any atom is -0.494 e. The molecule has 1 rings (SSSR count). The first kappa shape index (κ1) is 16.4. The summed E-state index contributed by atoms with van der Waals surface area (Å²) in [6.45, 7) is 6.72. The van der Waals surface area contributed by atoms with Crippen LogP contribution in [0.1, 0.15) is 33.3 Å². The zero-order valence-corrected chi connectivity index (χ0v) is 12.6. The summed E-state index contributed by atoms with van der Waals surface area (Å²) in [5.74, 6) is -0.632. The number of hydrogen-bond donors (Lipinski definition) is 2. The Balaban J connectivity index is 2.75. The molecular formula is C15H22FNO3. The van der Waals surface area contributed by atoms with Crippen LogP contribution in [0, 0.1) is 5.82 Å². The highest BCUT2D eigenvalue weighted by atomic mass is 19.1. The second-order valence-electron chi connectivity index (χ2n) is 5.88. The summed E-state index contributed by atoms with van der Waals surface area (Å²) < 4.78 is 18.4. The summed E-state index contributed by atoms with van der Waals surface area (Å²) in [5.41, 5.74) is -1.30. The molecule has 0 aliphatic rings. The van der Waals surface area contributed by atoms with Gasteiger partial charge in [-0.2, -0.15) is 0 Å². The Kier molecular flexibility index (Phi) is 4.76. The molecule has 0 radical (unpaired) electrons. The van der Waals surface area contributed by atoms with Crippen LogP contribution in [0.25, 0.3) is 0 Å². The maximum absolute atomic E-state index is 13.5. The van der Waals surface area contributed by atoms with Crippen molar-refractivity contribution >= 4 is 5.91 Å². The van der Waals surface area contributed by atoms with Gasteiger partial charge in [0.15, 0.2) is 11.6 Å². The van der Waals surface area contributed by atoms with Gasteiger partial charge in [0.05, 0.1) is 24.7 Å². The van der Waals surface area contributed by atoms with Crippen molar-refractivity contribution in [3.05, 3.63) is 29.6 Å². The highest BCUT2D eigenvalue weighted by Crippen LogP contribution is 2.21. The lowest BCUT2D eigenvalue weighted by Gasteiger charge is -2.38. The number of rotatable bonds is 5. The molecular weight excluding hydrogens is 261 g/mol. The van der Waals surface area contributed by atoms with Gasteiger partial charge in [-0.05, 0) is 45.4 Å². The number of carbonyl (C=O) groups excluding carboxylic acids is 1. The van der Waals surface area contributed by atoms with Gasteiger partial charge in [0.25, 0.3) is 0 Å². The van der Waals surface area contributed by atoms with Crippen LogP contribution in [0.5, 0.6) is 5.75 Å². The van der Waals surface area contributed by atoms with E-state index in [-0.39, 0.29) is 18.1 Å². The smallest absolute Gasteiger partial charge is 0.224 e. The van der Waals surface area contributed by atoms with Crippen molar-refractivity contribution < 1.29 is 19.0 Å². The van der Waals surface area contributed by atoms with Crippen molar-refractivity contribution in [2.45, 2.75) is 45.3 Å². The molecule has 112 valence electrons. The molecule has 5 heteroatoms. The van der Waals surface area contributed by atoms with E-state index >= 15 is 0 Å². The summed E-state index contributed by atoms with van der Waals surface area (Å²) in [6.07, 6.45) is 0.0421. The number of hydrogen-bond acceptors (Lipinski definition) is 3. The highest BCUT2D eigenvalue weighted by molar-refractivity contribution is 5.79. The van der Waals surface area contributed by atoms with Crippen LogP contribution in [-0.4, -0.2) is 29.3 Å². The summed E-state index contributed by atoms with van der Waals surface area (Å²) in [7, 11) is 1.39. The molecule has 20 heavy (non-hydrogen) atoms. The Labute approximate surface area is 119 Å². The standard InChI is InChI=1S/C15H22FNO3/c1-14(2,15(3,4)19)17-13(18)9-10-6-7-12(20-5)11(16)8-10/h6-8,19H,9H2,1-5H3,(H,17,18). The third-order valence-electron chi connectivity index (χ3n) is 3.56. The summed E-state index contributed by atoms with van der Waals surface area (Å²) in [4.78, 5) is 12.0. The number of methoxy groups -OCH3 is 1. The average molecular weight is 283 g/mol. The van der Waals surface area contributed by atoms with E-state index in [4.69, 9.17) is 4.74 Å². The third-order valence-corrected chi connectivity index (χ3v) is 3.56. The number of amides is 1. The molecule has 0 saturated carbocycles. The molecule has 0 heterocycles. The summed E-state index contributed by atoms with van der Waals surface area (Å²) in [5, 5.41) is 12.7. The van der Waals surface area contributed by atoms with Gasteiger partial charge in [-0.1, -0.05) is 6.07 Å². The van der Waals surface area contributed by atoms with Crippen molar-refractivity contribution in [3.8, 4) is 5.75 Å². The largest absolute Gasteiger partial charge is 0.494 e. The first-order valence-electron chi connectivity index (χ1n) is 6.42. The van der Waals surface area contributed by atoms with Crippen molar-refractivity contribution in [1.82, 2.24) is 5.32 Å². The van der Waals surface area contributed by atoms with Gasteiger partial charge in [0, 0.05) is 0 Å². The number of benzene rings is 1. The van der Waals surface area contributed by atoms with Crippen LogP contribution in [-0.2, 0) is 11.2 Å². The van der Waals surface area contributed by atoms with E-state index < -0.39 is 17.0 Å². The fourth-order valence-corrected chi connectivity index (χ4v) is 1.55. The molecule has 1 aromatic carbocycles. The van der Waals surface area contributed by atoms with E-state index in [0.717, 1.165) is 0 Å². The van der Waals surface area contributed by atoms with Gasteiger partial charge in [-0.15, -0.1) is 0 Å². The predicted octanol–water partition coefficient (Wildman–Crippen LogP) is 2.04. The van der Waals surface area contributed by atoms with E-state index in [0.29, 0.717) is 5.56 Å². The van der Waals surface area contributed by atoms with Gasteiger partial charge in [0.2, 0.25) is 5.91 Å². The fourth-order valence-electron chi connectivity index (χ4n) is 1.55. The van der Waals surface area contributed by atoms with Crippen molar-refractivity contribution in [2.75, 3.05) is 7.11 Å². The second kappa shape index (κ2) is 5.79. The molecule has 1 aromatic rings. The van der Waals surface area contributed by atoms with Gasteiger partial charge < -0.3 is 15.2 Å². The Morgan fingerprint density at radius 1 is 1.35 bits per heavy atom. The van der Waals surface area contributed by atoms with Crippen molar-refractivity contribution in [1.29, 1.82) is 0 Å². The molecule has 2 N–H and O–H groups in total. The number of carbonyl (C=O) groups is 1. The van der Waals surface area contributed by atoms with Gasteiger partial charge >= 0.3 is 0 Å². The fraction of sp³-hybridized carbons (Fsp3) is 0.533. The number of nitrogens with one attached hydrogen (secondary N) is 1. The molecule has 0 unspecified atom stereocenters. The lowest BCUT2D eigenvalue weighted by atomic mass is 9.86. The Morgan fingerprint density at radius 2 is 1.95 bits per heavy atom. The molecule has 0 aromatic heterocycles. The highest BCUT2D eigenvalue weighted by Gasteiger charge is 2.36. The predicted molar refractivity (Wildman–Crippen MR) is 75.2 cm³/mol. The second-order valence-corrected chi connectivity index (χ2v) is 5.88. The van der Waals surface area contributed by atoms with Crippen LogP contribution in [0.3, 0.4) is 0 Å². The summed E-state index contributed by atoms with van der Waals surface area (Å²) in [6, 6.07) is 4.40. The van der Waals surface area contributed by atoms with Crippen LogP contribution >= 0.6 is 0 Å². The molecule has 0 aliphatic heterocycles. The number of ether oxygens (including phenoxy) is 1. The van der Waals surface area contributed by atoms with E-state index in [1.165, 1.54) is 19.2 Å². The molecule has 0 spiro atoms. The topological polar surface area (TPSA) is 58.6 Å². The minimum atomic E-state index is -1.06. The third kappa shape index (κ3) is 3.93. The maximum atomic E-state index is 13.5. The summed E-state index contributed by atoms with van der Waals surface area (Å²) >= 11 is 0. The molecule has 0 atom stereocenters.